The Labute approximate surface area is 131 Å². The Morgan fingerprint density at radius 3 is 2.74 bits per heavy atom. The minimum atomic E-state index is -3.83. The predicted molar refractivity (Wildman–Crippen MR) is 79.1 cm³/mol. The zero-order valence-electron chi connectivity index (χ0n) is 12.5. The van der Waals surface area contributed by atoms with Gasteiger partial charge in [0, 0.05) is 11.3 Å². The van der Waals surface area contributed by atoms with Gasteiger partial charge in [-0.25, -0.2) is 4.98 Å². The number of anilines is 1. The van der Waals surface area contributed by atoms with Crippen LogP contribution in [-0.4, -0.2) is 27.5 Å². The number of oxazole rings is 1. The average Bonchev–Trinajstić information content (AvgIpc) is 3.00. The van der Waals surface area contributed by atoms with Crippen molar-refractivity contribution in [3.8, 4) is 11.5 Å². The lowest BCUT2D eigenvalue weighted by molar-refractivity contribution is -0.212. The molecule has 0 bridgehead atoms. The lowest BCUT2D eigenvalue weighted by Gasteiger charge is -2.41. The van der Waals surface area contributed by atoms with Crippen LogP contribution in [0.15, 0.2) is 35.1 Å². The fourth-order valence-corrected chi connectivity index (χ4v) is 2.53. The molecule has 5 nitrogen and oxygen atoms in total. The third-order valence-corrected chi connectivity index (χ3v) is 4.21. The van der Waals surface area contributed by atoms with E-state index in [9.17, 15) is 18.7 Å². The van der Waals surface area contributed by atoms with Crippen molar-refractivity contribution < 1.29 is 23.1 Å². The number of hydrogen-bond donors (Lipinski definition) is 2. The van der Waals surface area contributed by atoms with Gasteiger partial charge in [-0.1, -0.05) is 6.07 Å². The van der Waals surface area contributed by atoms with E-state index in [1.165, 1.54) is 24.6 Å². The van der Waals surface area contributed by atoms with E-state index in [1.807, 2.05) is 6.92 Å². The molecule has 23 heavy (non-hydrogen) atoms. The van der Waals surface area contributed by atoms with Gasteiger partial charge in [-0.2, -0.15) is 8.78 Å². The summed E-state index contributed by atoms with van der Waals surface area (Å²) in [7, 11) is 0. The summed E-state index contributed by atoms with van der Waals surface area (Å²) in [5, 5.41) is 12.0. The number of carbonyl (C=O) groups excluding carboxylic acids is 1. The maximum absolute atomic E-state index is 14.1. The second kappa shape index (κ2) is 5.42. The summed E-state index contributed by atoms with van der Waals surface area (Å²) in [5.74, 6) is -5.01. The molecule has 7 heteroatoms. The van der Waals surface area contributed by atoms with Crippen molar-refractivity contribution in [2.24, 2.45) is 0 Å². The van der Waals surface area contributed by atoms with Crippen molar-refractivity contribution in [2.45, 2.75) is 37.7 Å². The first kappa shape index (κ1) is 15.6. The van der Waals surface area contributed by atoms with Crippen molar-refractivity contribution in [1.82, 2.24) is 4.98 Å². The van der Waals surface area contributed by atoms with Gasteiger partial charge in [-0.05, 0) is 43.9 Å². The summed E-state index contributed by atoms with van der Waals surface area (Å²) in [5.41, 5.74) is -0.627. The Hall–Kier alpha value is -2.28. The van der Waals surface area contributed by atoms with E-state index in [4.69, 9.17) is 4.42 Å². The molecule has 1 aliphatic rings. The van der Waals surface area contributed by atoms with E-state index in [-0.39, 0.29) is 18.5 Å². The highest BCUT2D eigenvalue weighted by Gasteiger charge is 2.61. The highest BCUT2D eigenvalue weighted by atomic mass is 19.3. The number of halogens is 2. The summed E-state index contributed by atoms with van der Waals surface area (Å²) in [6, 6.07) is 4.70. The van der Waals surface area contributed by atoms with Gasteiger partial charge >= 0.3 is 5.92 Å². The van der Waals surface area contributed by atoms with E-state index < -0.39 is 17.4 Å². The summed E-state index contributed by atoms with van der Waals surface area (Å²) in [6.45, 7) is 1.82. The predicted octanol–water partition coefficient (Wildman–Crippen LogP) is 3.14. The molecule has 1 aliphatic carbocycles. The van der Waals surface area contributed by atoms with Crippen molar-refractivity contribution in [2.75, 3.05) is 5.32 Å². The fraction of sp³-hybridized carbons (Fsp3) is 0.375. The van der Waals surface area contributed by atoms with Gasteiger partial charge in [0.25, 0.3) is 5.91 Å². The molecule has 1 aromatic carbocycles. The molecule has 0 saturated heterocycles. The zero-order chi connectivity index (χ0) is 16.7. The summed E-state index contributed by atoms with van der Waals surface area (Å²) in [6.07, 6.45) is 3.20. The molecule has 0 unspecified atom stereocenters. The fourth-order valence-electron chi connectivity index (χ4n) is 2.53. The summed E-state index contributed by atoms with van der Waals surface area (Å²) < 4.78 is 33.4. The molecule has 2 N–H and O–H groups in total. The molecule has 1 fully saturated rings. The second-order valence-corrected chi connectivity index (χ2v) is 5.78. The van der Waals surface area contributed by atoms with Crippen LogP contribution in [0.25, 0.3) is 11.5 Å². The van der Waals surface area contributed by atoms with Gasteiger partial charge in [0.2, 0.25) is 5.89 Å². The van der Waals surface area contributed by atoms with Gasteiger partial charge in [0.15, 0.2) is 0 Å². The van der Waals surface area contributed by atoms with E-state index >= 15 is 0 Å². The van der Waals surface area contributed by atoms with Gasteiger partial charge in [-0.3, -0.25) is 4.79 Å². The molecule has 1 saturated carbocycles. The first-order chi connectivity index (χ1) is 10.8. The van der Waals surface area contributed by atoms with Crippen LogP contribution < -0.4 is 5.32 Å². The smallest absolute Gasteiger partial charge is 0.352 e. The van der Waals surface area contributed by atoms with Crippen molar-refractivity contribution in [3.63, 3.8) is 0 Å². The average molecular weight is 322 g/mol. The van der Waals surface area contributed by atoms with Gasteiger partial charge in [0.1, 0.15) is 11.9 Å². The van der Waals surface area contributed by atoms with Crippen LogP contribution in [-0.2, 0) is 4.79 Å². The molecule has 0 atom stereocenters. The Kier molecular flexibility index (Phi) is 3.68. The highest BCUT2D eigenvalue weighted by Crippen LogP contribution is 2.44. The number of rotatable bonds is 4. The van der Waals surface area contributed by atoms with E-state index in [0.717, 1.165) is 5.56 Å². The number of aryl methyl sites for hydroxylation is 1. The number of benzene rings is 1. The van der Waals surface area contributed by atoms with Crippen molar-refractivity contribution in [3.05, 3.63) is 36.2 Å². The van der Waals surface area contributed by atoms with Gasteiger partial charge in [0.05, 0.1) is 6.20 Å². The lowest BCUT2D eigenvalue weighted by Crippen LogP contribution is -2.59. The highest BCUT2D eigenvalue weighted by molar-refractivity contribution is 5.97. The van der Waals surface area contributed by atoms with Crippen LogP contribution >= 0.6 is 0 Å². The third kappa shape index (κ3) is 2.61. The normalized spacial score (nSPS) is 16.7. The van der Waals surface area contributed by atoms with Crippen LogP contribution in [0.3, 0.4) is 0 Å². The topological polar surface area (TPSA) is 75.4 Å². The molecule has 122 valence electrons. The number of nitrogens with one attached hydrogen (secondary N) is 1. The first-order valence-electron chi connectivity index (χ1n) is 7.26. The molecular formula is C16H16F2N2O3. The number of carbonyl (C=O) groups is 1. The lowest BCUT2D eigenvalue weighted by atomic mass is 9.75. The Balaban J connectivity index is 1.83. The first-order valence-corrected chi connectivity index (χ1v) is 7.26. The minimum Gasteiger partial charge on any atom is -0.445 e. The monoisotopic (exact) mass is 322 g/mol. The van der Waals surface area contributed by atoms with Gasteiger partial charge < -0.3 is 14.8 Å². The molecular weight excluding hydrogens is 306 g/mol. The van der Waals surface area contributed by atoms with Crippen LogP contribution in [0, 0.1) is 6.92 Å². The molecule has 0 aliphatic heterocycles. The molecule has 3 rings (SSSR count). The number of aromatic nitrogens is 1. The van der Waals surface area contributed by atoms with Crippen LogP contribution in [0.4, 0.5) is 14.5 Å². The van der Waals surface area contributed by atoms with Crippen LogP contribution in [0.5, 0.6) is 0 Å². The number of nitrogens with zero attached hydrogens (tertiary/aromatic N) is 1. The maximum atomic E-state index is 14.1. The maximum Gasteiger partial charge on any atom is 0.352 e. The summed E-state index contributed by atoms with van der Waals surface area (Å²) in [4.78, 5) is 15.9. The number of aliphatic hydroxyl groups is 1. The van der Waals surface area contributed by atoms with E-state index in [0.29, 0.717) is 17.9 Å². The molecule has 1 amide bonds. The Bertz CT molecular complexity index is 725. The number of alkyl halides is 2. The largest absolute Gasteiger partial charge is 0.445 e. The van der Waals surface area contributed by atoms with E-state index in [1.54, 1.807) is 6.07 Å². The summed E-state index contributed by atoms with van der Waals surface area (Å²) >= 11 is 0. The quantitative estimate of drug-likeness (QED) is 0.907. The molecule has 1 heterocycles. The number of hydrogen-bond acceptors (Lipinski definition) is 4. The van der Waals surface area contributed by atoms with Gasteiger partial charge in [-0.15, -0.1) is 0 Å². The standard InChI is InChI=1S/C16H16F2N2O3/c1-10-3-4-11(9-12(10)13-19-7-8-23-13)20-14(21)16(17,18)15(22)5-2-6-15/h3-4,7-9,22H,2,5-6H2,1H3,(H,20,21). The molecule has 0 spiro atoms. The zero-order valence-corrected chi connectivity index (χ0v) is 12.5. The molecule has 2 aromatic rings. The third-order valence-electron chi connectivity index (χ3n) is 4.21. The van der Waals surface area contributed by atoms with Crippen molar-refractivity contribution in [1.29, 1.82) is 0 Å². The minimum absolute atomic E-state index is 0.0805. The Morgan fingerprint density at radius 2 is 2.17 bits per heavy atom. The second-order valence-electron chi connectivity index (χ2n) is 5.78. The molecule has 1 aromatic heterocycles. The Morgan fingerprint density at radius 1 is 1.43 bits per heavy atom. The van der Waals surface area contributed by atoms with Crippen LogP contribution in [0.1, 0.15) is 24.8 Å². The molecule has 0 radical (unpaired) electrons. The van der Waals surface area contributed by atoms with Crippen LogP contribution in [0.2, 0.25) is 0 Å². The van der Waals surface area contributed by atoms with Crippen molar-refractivity contribution >= 4 is 11.6 Å². The SMILES string of the molecule is Cc1ccc(NC(=O)C(F)(F)C2(O)CCC2)cc1-c1ncco1. The van der Waals surface area contributed by atoms with E-state index in [2.05, 4.69) is 10.3 Å². The number of amides is 1.